The minimum Gasteiger partial charge on any atom is -0.480 e. The summed E-state index contributed by atoms with van der Waals surface area (Å²) in [6.45, 7) is 1.38. The SMILES string of the molecule is CC(C(=O)O)N(C1CC1)S(=O)(=O)Cc1ccon1. The van der Waals surface area contributed by atoms with Crippen molar-refractivity contribution < 1.29 is 22.8 Å². The van der Waals surface area contributed by atoms with Crippen LogP contribution in [0.2, 0.25) is 0 Å². The lowest BCUT2D eigenvalue weighted by molar-refractivity contribution is -0.141. The average molecular weight is 274 g/mol. The molecule has 0 aromatic carbocycles. The molecule has 18 heavy (non-hydrogen) atoms. The van der Waals surface area contributed by atoms with E-state index in [2.05, 4.69) is 9.68 Å². The quantitative estimate of drug-likeness (QED) is 0.807. The molecule has 0 bridgehead atoms. The number of nitrogens with zero attached hydrogens (tertiary/aromatic N) is 2. The number of carboxylic acids is 1. The fourth-order valence-corrected chi connectivity index (χ4v) is 3.70. The van der Waals surface area contributed by atoms with Crippen LogP contribution in [0.5, 0.6) is 0 Å². The van der Waals surface area contributed by atoms with Crippen LogP contribution in [0.3, 0.4) is 0 Å². The Morgan fingerprint density at radius 1 is 1.67 bits per heavy atom. The molecule has 1 saturated carbocycles. The number of hydrogen-bond donors (Lipinski definition) is 1. The van der Waals surface area contributed by atoms with E-state index in [4.69, 9.17) is 5.11 Å². The highest BCUT2D eigenvalue weighted by atomic mass is 32.2. The van der Waals surface area contributed by atoms with Gasteiger partial charge in [0.15, 0.2) is 0 Å². The maximum absolute atomic E-state index is 12.2. The molecule has 1 heterocycles. The topological polar surface area (TPSA) is 101 Å². The summed E-state index contributed by atoms with van der Waals surface area (Å²) >= 11 is 0. The minimum absolute atomic E-state index is 0.201. The predicted octanol–water partition coefficient (Wildman–Crippen LogP) is 0.442. The molecule has 1 aromatic heterocycles. The van der Waals surface area contributed by atoms with Crippen LogP contribution in [0.15, 0.2) is 16.9 Å². The Morgan fingerprint density at radius 2 is 2.33 bits per heavy atom. The molecule has 0 saturated heterocycles. The second-order valence-corrected chi connectivity index (χ2v) is 6.20. The van der Waals surface area contributed by atoms with Gasteiger partial charge in [0.25, 0.3) is 0 Å². The van der Waals surface area contributed by atoms with Gasteiger partial charge >= 0.3 is 5.97 Å². The highest BCUT2D eigenvalue weighted by molar-refractivity contribution is 7.88. The van der Waals surface area contributed by atoms with Crippen molar-refractivity contribution in [1.29, 1.82) is 0 Å². The van der Waals surface area contributed by atoms with E-state index in [9.17, 15) is 13.2 Å². The maximum Gasteiger partial charge on any atom is 0.321 e. The number of carbonyl (C=O) groups is 1. The highest BCUT2D eigenvalue weighted by Gasteiger charge is 2.42. The molecule has 0 aliphatic heterocycles. The monoisotopic (exact) mass is 274 g/mol. The van der Waals surface area contributed by atoms with Crippen LogP contribution in [-0.2, 0) is 20.6 Å². The van der Waals surface area contributed by atoms with Crippen LogP contribution in [0.1, 0.15) is 25.5 Å². The average Bonchev–Trinajstić information content (AvgIpc) is 2.95. The van der Waals surface area contributed by atoms with Crippen LogP contribution in [0.25, 0.3) is 0 Å². The van der Waals surface area contributed by atoms with Crippen LogP contribution in [-0.4, -0.2) is 41.0 Å². The van der Waals surface area contributed by atoms with Crippen molar-refractivity contribution in [2.24, 2.45) is 0 Å². The van der Waals surface area contributed by atoms with Crippen LogP contribution >= 0.6 is 0 Å². The van der Waals surface area contributed by atoms with Crippen molar-refractivity contribution in [1.82, 2.24) is 9.46 Å². The summed E-state index contributed by atoms with van der Waals surface area (Å²) in [6.07, 6.45) is 2.69. The van der Waals surface area contributed by atoms with Crippen molar-refractivity contribution >= 4 is 16.0 Å². The molecule has 0 radical (unpaired) electrons. The second kappa shape index (κ2) is 4.69. The lowest BCUT2D eigenvalue weighted by Gasteiger charge is -2.25. The molecule has 2 rings (SSSR count). The normalized spacial score (nSPS) is 17.9. The van der Waals surface area contributed by atoms with E-state index < -0.39 is 22.0 Å². The standard InChI is InChI=1S/C10H14N2O5S/c1-7(10(13)14)12(9-2-3-9)18(15,16)6-8-4-5-17-11-8/h4-5,7,9H,2-3,6H2,1H3,(H,13,14). The zero-order valence-electron chi connectivity index (χ0n) is 9.81. The van der Waals surface area contributed by atoms with Gasteiger partial charge in [0.2, 0.25) is 10.0 Å². The first kappa shape index (κ1) is 13.0. The Morgan fingerprint density at radius 3 is 2.78 bits per heavy atom. The van der Waals surface area contributed by atoms with Crippen molar-refractivity contribution in [3.8, 4) is 0 Å². The summed E-state index contributed by atoms with van der Waals surface area (Å²) in [6, 6.07) is 0.191. The zero-order valence-corrected chi connectivity index (χ0v) is 10.6. The molecule has 1 aliphatic carbocycles. The number of hydrogen-bond acceptors (Lipinski definition) is 5. The molecule has 1 atom stereocenters. The van der Waals surface area contributed by atoms with Gasteiger partial charge in [-0.25, -0.2) is 8.42 Å². The number of sulfonamides is 1. The Balaban J connectivity index is 2.21. The Bertz CT molecular complexity index is 520. The van der Waals surface area contributed by atoms with E-state index in [1.165, 1.54) is 19.3 Å². The third-order valence-electron chi connectivity index (χ3n) is 2.79. The van der Waals surface area contributed by atoms with Gasteiger partial charge in [-0.05, 0) is 19.8 Å². The first-order chi connectivity index (χ1) is 8.42. The largest absolute Gasteiger partial charge is 0.480 e. The molecule has 7 nitrogen and oxygen atoms in total. The van der Waals surface area contributed by atoms with Gasteiger partial charge in [0.1, 0.15) is 18.1 Å². The summed E-state index contributed by atoms with van der Waals surface area (Å²) in [7, 11) is -3.70. The van der Waals surface area contributed by atoms with E-state index in [0.29, 0.717) is 12.8 Å². The van der Waals surface area contributed by atoms with E-state index in [1.807, 2.05) is 0 Å². The predicted molar refractivity (Wildman–Crippen MR) is 61.1 cm³/mol. The Hall–Kier alpha value is -1.41. The van der Waals surface area contributed by atoms with Crippen molar-refractivity contribution in [3.63, 3.8) is 0 Å². The molecule has 1 fully saturated rings. The highest BCUT2D eigenvalue weighted by Crippen LogP contribution is 2.32. The lowest BCUT2D eigenvalue weighted by atomic mass is 10.3. The summed E-state index contributed by atoms with van der Waals surface area (Å²) in [4.78, 5) is 11.0. The fraction of sp³-hybridized carbons (Fsp3) is 0.600. The molecular weight excluding hydrogens is 260 g/mol. The Labute approximate surface area is 104 Å². The second-order valence-electron chi connectivity index (χ2n) is 4.32. The molecular formula is C10H14N2O5S. The lowest BCUT2D eigenvalue weighted by Crippen LogP contribution is -2.45. The maximum atomic E-state index is 12.2. The van der Waals surface area contributed by atoms with Crippen LogP contribution in [0, 0.1) is 0 Å². The van der Waals surface area contributed by atoms with E-state index in [-0.39, 0.29) is 17.5 Å². The molecule has 100 valence electrons. The van der Waals surface area contributed by atoms with E-state index >= 15 is 0 Å². The van der Waals surface area contributed by atoms with E-state index in [1.54, 1.807) is 0 Å². The first-order valence-corrected chi connectivity index (χ1v) is 7.16. The number of carboxylic acid groups (broad SMARTS) is 1. The van der Waals surface area contributed by atoms with Crippen molar-refractivity contribution in [2.45, 2.75) is 37.6 Å². The van der Waals surface area contributed by atoms with Crippen LogP contribution in [0.4, 0.5) is 0 Å². The third-order valence-corrected chi connectivity index (χ3v) is 4.71. The summed E-state index contributed by atoms with van der Waals surface area (Å²) in [5.74, 6) is -1.48. The molecule has 8 heteroatoms. The van der Waals surface area contributed by atoms with Gasteiger partial charge in [-0.2, -0.15) is 4.31 Å². The first-order valence-electron chi connectivity index (χ1n) is 5.55. The fourth-order valence-electron chi connectivity index (χ4n) is 1.80. The van der Waals surface area contributed by atoms with Crippen LogP contribution < -0.4 is 0 Å². The molecule has 1 aliphatic rings. The molecule has 1 unspecified atom stereocenters. The molecule has 1 aromatic rings. The summed E-state index contributed by atoms with van der Waals surface area (Å²) < 4.78 is 30.1. The van der Waals surface area contributed by atoms with Gasteiger partial charge in [-0.3, -0.25) is 4.79 Å². The third kappa shape index (κ3) is 2.70. The van der Waals surface area contributed by atoms with Gasteiger partial charge in [0.05, 0.1) is 5.69 Å². The number of aliphatic carboxylic acids is 1. The molecule has 0 spiro atoms. The van der Waals surface area contributed by atoms with Crippen molar-refractivity contribution in [3.05, 3.63) is 18.0 Å². The molecule has 1 N–H and O–H groups in total. The van der Waals surface area contributed by atoms with Gasteiger partial charge in [0, 0.05) is 12.1 Å². The van der Waals surface area contributed by atoms with Gasteiger partial charge in [-0.15, -0.1) is 0 Å². The summed E-state index contributed by atoms with van der Waals surface area (Å²) in [5, 5.41) is 12.5. The zero-order chi connectivity index (χ0) is 13.3. The number of rotatable bonds is 6. The molecule has 0 amide bonds. The smallest absolute Gasteiger partial charge is 0.321 e. The van der Waals surface area contributed by atoms with Gasteiger partial charge in [-0.1, -0.05) is 5.16 Å². The summed E-state index contributed by atoms with van der Waals surface area (Å²) in [5.41, 5.74) is 0.276. The number of aromatic nitrogens is 1. The Kier molecular flexibility index (Phi) is 3.40. The minimum atomic E-state index is -3.70. The van der Waals surface area contributed by atoms with Crippen molar-refractivity contribution in [2.75, 3.05) is 0 Å². The van der Waals surface area contributed by atoms with Gasteiger partial charge < -0.3 is 9.63 Å². The van der Waals surface area contributed by atoms with E-state index in [0.717, 1.165) is 4.31 Å².